The number of piperidine rings is 1. The van der Waals surface area contributed by atoms with E-state index in [1.807, 2.05) is 7.05 Å². The molecule has 0 aromatic rings. The molecule has 102 valence electrons. The van der Waals surface area contributed by atoms with Crippen molar-refractivity contribution in [2.24, 2.45) is 5.92 Å². The molecule has 2 aliphatic rings. The van der Waals surface area contributed by atoms with Crippen LogP contribution in [0.25, 0.3) is 0 Å². The van der Waals surface area contributed by atoms with Gasteiger partial charge < -0.3 is 5.32 Å². The molecule has 2 rings (SSSR count). The molecule has 1 unspecified atom stereocenters. The van der Waals surface area contributed by atoms with Gasteiger partial charge in [-0.3, -0.25) is 0 Å². The number of nitrogens with zero attached hydrogens (tertiary/aromatic N) is 1. The molecule has 0 amide bonds. The van der Waals surface area contributed by atoms with Crippen molar-refractivity contribution in [2.75, 3.05) is 25.9 Å². The van der Waals surface area contributed by atoms with Crippen LogP contribution in [0.2, 0.25) is 0 Å². The van der Waals surface area contributed by atoms with E-state index in [4.69, 9.17) is 0 Å². The van der Waals surface area contributed by atoms with E-state index < -0.39 is 10.0 Å². The molecule has 0 bridgehead atoms. The molecule has 17 heavy (non-hydrogen) atoms. The Labute approximate surface area is 111 Å². The highest BCUT2D eigenvalue weighted by molar-refractivity contribution is 7.89. The number of hydrogen-bond donors (Lipinski definition) is 1. The molecule has 1 heterocycles. The third kappa shape index (κ3) is 4.39. The Morgan fingerprint density at radius 2 is 2.00 bits per heavy atom. The Kier molecular flexibility index (Phi) is 5.70. The van der Waals surface area contributed by atoms with Crippen molar-refractivity contribution in [3.8, 4) is 0 Å². The molecule has 1 atom stereocenters. The molecular formula is C11H23ClN2O2S. The lowest BCUT2D eigenvalue weighted by Gasteiger charge is -2.31. The van der Waals surface area contributed by atoms with Gasteiger partial charge in [0.2, 0.25) is 10.0 Å². The maximum absolute atomic E-state index is 12.1. The van der Waals surface area contributed by atoms with Crippen molar-refractivity contribution in [2.45, 2.75) is 38.1 Å². The Bertz CT molecular complexity index is 330. The lowest BCUT2D eigenvalue weighted by atomic mass is 10.1. The van der Waals surface area contributed by atoms with E-state index in [2.05, 4.69) is 5.32 Å². The average Bonchev–Trinajstić information content (AvgIpc) is 3.10. The highest BCUT2D eigenvalue weighted by atomic mass is 35.5. The average molecular weight is 283 g/mol. The number of rotatable bonds is 5. The number of sulfonamides is 1. The van der Waals surface area contributed by atoms with Crippen molar-refractivity contribution in [1.82, 2.24) is 9.62 Å². The quantitative estimate of drug-likeness (QED) is 0.825. The predicted octanol–water partition coefficient (Wildman–Crippen LogP) is 1.22. The SMILES string of the molecule is CNC1CCCN(S(=O)(=O)CCC2CC2)C1.Cl. The number of likely N-dealkylation sites (N-methyl/N-ethyl adjacent to an activating group) is 1. The first-order valence-electron chi connectivity index (χ1n) is 6.27. The molecule has 0 spiro atoms. The number of nitrogens with one attached hydrogen (secondary N) is 1. The van der Waals surface area contributed by atoms with Crippen molar-refractivity contribution in [3.05, 3.63) is 0 Å². The van der Waals surface area contributed by atoms with Crippen LogP contribution in [-0.2, 0) is 10.0 Å². The van der Waals surface area contributed by atoms with Crippen LogP contribution in [0.5, 0.6) is 0 Å². The van der Waals surface area contributed by atoms with Gasteiger partial charge in [0.15, 0.2) is 0 Å². The van der Waals surface area contributed by atoms with E-state index in [1.165, 1.54) is 12.8 Å². The summed E-state index contributed by atoms with van der Waals surface area (Å²) in [5, 5.41) is 3.18. The molecule has 1 aliphatic heterocycles. The van der Waals surface area contributed by atoms with Gasteiger partial charge in [0.1, 0.15) is 0 Å². The number of halogens is 1. The molecule has 0 radical (unpaired) electrons. The summed E-state index contributed by atoms with van der Waals surface area (Å²) in [5.74, 6) is 1.05. The maximum atomic E-state index is 12.1. The van der Waals surface area contributed by atoms with Crippen LogP contribution >= 0.6 is 12.4 Å². The standard InChI is InChI=1S/C11H22N2O2S.ClH/c1-12-11-3-2-7-13(9-11)16(14,15)8-6-10-4-5-10;/h10-12H,2-9H2,1H3;1H. The van der Waals surface area contributed by atoms with Crippen LogP contribution in [0.4, 0.5) is 0 Å². The summed E-state index contributed by atoms with van der Waals surface area (Å²) < 4.78 is 25.8. The third-order valence-corrected chi connectivity index (χ3v) is 5.54. The molecule has 6 heteroatoms. The van der Waals surface area contributed by atoms with Crippen LogP contribution < -0.4 is 5.32 Å². The van der Waals surface area contributed by atoms with Gasteiger partial charge in [-0.25, -0.2) is 12.7 Å². The van der Waals surface area contributed by atoms with Gasteiger partial charge in [0.25, 0.3) is 0 Å². The van der Waals surface area contributed by atoms with Crippen molar-refractivity contribution in [3.63, 3.8) is 0 Å². The van der Waals surface area contributed by atoms with Gasteiger partial charge in [-0.1, -0.05) is 12.8 Å². The maximum Gasteiger partial charge on any atom is 0.214 e. The van der Waals surface area contributed by atoms with Gasteiger partial charge >= 0.3 is 0 Å². The Morgan fingerprint density at radius 1 is 1.29 bits per heavy atom. The second-order valence-electron chi connectivity index (χ2n) is 5.03. The largest absolute Gasteiger partial charge is 0.316 e. The van der Waals surface area contributed by atoms with Crippen LogP contribution in [-0.4, -0.2) is 44.7 Å². The fourth-order valence-corrected chi connectivity index (χ4v) is 3.99. The first kappa shape index (κ1) is 15.2. The van der Waals surface area contributed by atoms with Gasteiger partial charge in [-0.15, -0.1) is 12.4 Å². The summed E-state index contributed by atoms with van der Waals surface area (Å²) in [6, 6.07) is 0.337. The van der Waals surface area contributed by atoms with E-state index in [1.54, 1.807) is 4.31 Å². The summed E-state index contributed by atoms with van der Waals surface area (Å²) in [5.41, 5.74) is 0. The van der Waals surface area contributed by atoms with E-state index in [9.17, 15) is 8.42 Å². The molecule has 2 fully saturated rings. The zero-order valence-corrected chi connectivity index (χ0v) is 12.0. The molecule has 1 saturated carbocycles. The minimum atomic E-state index is -2.99. The normalized spacial score (nSPS) is 26.5. The Balaban J connectivity index is 0.00000144. The van der Waals surface area contributed by atoms with E-state index in [0.29, 0.717) is 30.8 Å². The van der Waals surface area contributed by atoms with Gasteiger partial charge in [-0.05, 0) is 32.2 Å². The van der Waals surface area contributed by atoms with Gasteiger partial charge in [-0.2, -0.15) is 0 Å². The summed E-state index contributed by atoms with van der Waals surface area (Å²) >= 11 is 0. The Morgan fingerprint density at radius 3 is 2.59 bits per heavy atom. The first-order chi connectivity index (χ1) is 7.62. The highest BCUT2D eigenvalue weighted by Crippen LogP contribution is 2.33. The van der Waals surface area contributed by atoms with Gasteiger partial charge in [0, 0.05) is 19.1 Å². The second kappa shape index (κ2) is 6.36. The monoisotopic (exact) mass is 282 g/mol. The molecule has 0 aromatic carbocycles. The van der Waals surface area contributed by atoms with Crippen LogP contribution in [0, 0.1) is 5.92 Å². The second-order valence-corrected chi connectivity index (χ2v) is 7.12. The molecule has 1 N–H and O–H groups in total. The number of hydrogen-bond acceptors (Lipinski definition) is 3. The molecule has 1 saturated heterocycles. The fourth-order valence-electron chi connectivity index (χ4n) is 2.28. The van der Waals surface area contributed by atoms with Crippen LogP contribution in [0.15, 0.2) is 0 Å². The molecule has 0 aromatic heterocycles. The van der Waals surface area contributed by atoms with Crippen molar-refractivity contribution in [1.29, 1.82) is 0 Å². The molecule has 4 nitrogen and oxygen atoms in total. The lowest BCUT2D eigenvalue weighted by molar-refractivity contribution is 0.292. The van der Waals surface area contributed by atoms with Crippen LogP contribution in [0.1, 0.15) is 32.1 Å². The topological polar surface area (TPSA) is 49.4 Å². The summed E-state index contributed by atoms with van der Waals surface area (Å²) in [4.78, 5) is 0. The minimum Gasteiger partial charge on any atom is -0.316 e. The van der Waals surface area contributed by atoms with E-state index in [0.717, 1.165) is 19.3 Å². The third-order valence-electron chi connectivity index (χ3n) is 3.67. The van der Waals surface area contributed by atoms with E-state index in [-0.39, 0.29) is 12.4 Å². The lowest BCUT2D eigenvalue weighted by Crippen LogP contribution is -2.47. The Hall–Kier alpha value is 0.160. The fraction of sp³-hybridized carbons (Fsp3) is 1.00. The summed E-state index contributed by atoms with van der Waals surface area (Å²) in [6.45, 7) is 1.37. The zero-order chi connectivity index (χ0) is 11.6. The highest BCUT2D eigenvalue weighted by Gasteiger charge is 2.30. The van der Waals surface area contributed by atoms with Crippen LogP contribution in [0.3, 0.4) is 0 Å². The first-order valence-corrected chi connectivity index (χ1v) is 7.88. The van der Waals surface area contributed by atoms with Gasteiger partial charge in [0.05, 0.1) is 5.75 Å². The van der Waals surface area contributed by atoms with Crippen molar-refractivity contribution >= 4 is 22.4 Å². The smallest absolute Gasteiger partial charge is 0.214 e. The predicted molar refractivity (Wildman–Crippen MR) is 72.0 cm³/mol. The van der Waals surface area contributed by atoms with E-state index >= 15 is 0 Å². The van der Waals surface area contributed by atoms with Crippen molar-refractivity contribution < 1.29 is 8.42 Å². The minimum absolute atomic E-state index is 0. The zero-order valence-electron chi connectivity index (χ0n) is 10.4. The summed E-state index contributed by atoms with van der Waals surface area (Å²) in [7, 11) is -1.08. The molecule has 1 aliphatic carbocycles. The molecular weight excluding hydrogens is 260 g/mol. The summed E-state index contributed by atoms with van der Waals surface area (Å²) in [6.07, 6.45) is 5.39.